The zero-order valence-corrected chi connectivity index (χ0v) is 13.5. The van der Waals surface area contributed by atoms with Gasteiger partial charge in [-0.1, -0.05) is 60.7 Å². The molecule has 2 aromatic heterocycles. The van der Waals surface area contributed by atoms with Crippen molar-refractivity contribution in [3.8, 4) is 32.0 Å². The fourth-order valence-corrected chi connectivity index (χ4v) is 4.33. The zero-order chi connectivity index (χ0) is 14.8. The number of thiophene rings is 2. The molecule has 0 amide bonds. The van der Waals surface area contributed by atoms with Gasteiger partial charge in [-0.05, 0) is 45.1 Å². The first-order valence-electron chi connectivity index (χ1n) is 7.18. The van der Waals surface area contributed by atoms with Crippen LogP contribution in [0.3, 0.4) is 0 Å². The standard InChI is InChI=1S/C20H14S2/c1-3-7-15(8-4-1)19-11-17(13-21-19)18-12-20(22-14-18)16-9-5-2-6-10-16/h1-14H. The summed E-state index contributed by atoms with van der Waals surface area (Å²) < 4.78 is 0. The Balaban J connectivity index is 1.66. The van der Waals surface area contributed by atoms with Crippen LogP contribution in [0.5, 0.6) is 0 Å². The molecule has 0 fully saturated rings. The molecule has 2 heteroatoms. The van der Waals surface area contributed by atoms with E-state index in [-0.39, 0.29) is 0 Å². The Hall–Kier alpha value is -2.16. The number of benzene rings is 2. The van der Waals surface area contributed by atoms with Crippen LogP contribution in [-0.2, 0) is 0 Å². The Morgan fingerprint density at radius 1 is 0.455 bits per heavy atom. The first kappa shape index (κ1) is 13.5. The van der Waals surface area contributed by atoms with Crippen LogP contribution in [0.25, 0.3) is 32.0 Å². The Kier molecular flexibility index (Phi) is 3.63. The number of hydrogen-bond acceptors (Lipinski definition) is 2. The average Bonchev–Trinajstić information content (AvgIpc) is 3.26. The van der Waals surface area contributed by atoms with Crippen LogP contribution < -0.4 is 0 Å². The molecule has 0 aliphatic carbocycles. The first-order valence-corrected chi connectivity index (χ1v) is 8.94. The van der Waals surface area contributed by atoms with E-state index < -0.39 is 0 Å². The summed E-state index contributed by atoms with van der Waals surface area (Å²) in [6, 6.07) is 25.7. The predicted molar refractivity (Wildman–Crippen MR) is 98.5 cm³/mol. The van der Waals surface area contributed by atoms with E-state index in [1.807, 2.05) is 22.7 Å². The van der Waals surface area contributed by atoms with E-state index in [0.717, 1.165) is 0 Å². The third-order valence-electron chi connectivity index (χ3n) is 3.65. The summed E-state index contributed by atoms with van der Waals surface area (Å²) in [6.45, 7) is 0. The Labute approximate surface area is 138 Å². The normalized spacial score (nSPS) is 10.7. The zero-order valence-electron chi connectivity index (χ0n) is 11.9. The van der Waals surface area contributed by atoms with Gasteiger partial charge >= 0.3 is 0 Å². The van der Waals surface area contributed by atoms with Gasteiger partial charge in [0.25, 0.3) is 0 Å². The molecule has 0 nitrogen and oxygen atoms in total. The summed E-state index contributed by atoms with van der Waals surface area (Å²) in [5.74, 6) is 0. The summed E-state index contributed by atoms with van der Waals surface area (Å²) >= 11 is 3.61. The Bertz CT molecular complexity index is 794. The van der Waals surface area contributed by atoms with Crippen LogP contribution in [0, 0.1) is 0 Å². The number of rotatable bonds is 3. The van der Waals surface area contributed by atoms with E-state index in [2.05, 4.69) is 83.6 Å². The fourth-order valence-electron chi connectivity index (χ4n) is 2.48. The molecule has 22 heavy (non-hydrogen) atoms. The van der Waals surface area contributed by atoms with Gasteiger partial charge in [-0.2, -0.15) is 0 Å². The van der Waals surface area contributed by atoms with Crippen molar-refractivity contribution in [2.75, 3.05) is 0 Å². The third-order valence-corrected chi connectivity index (χ3v) is 5.61. The van der Waals surface area contributed by atoms with Gasteiger partial charge in [-0.15, -0.1) is 22.7 Å². The monoisotopic (exact) mass is 318 g/mol. The molecule has 2 heterocycles. The molecular formula is C20H14S2. The molecule has 0 aliphatic rings. The van der Waals surface area contributed by atoms with Crippen LogP contribution >= 0.6 is 22.7 Å². The second-order valence-corrected chi connectivity index (χ2v) is 6.95. The molecule has 0 radical (unpaired) electrons. The fraction of sp³-hybridized carbons (Fsp3) is 0. The van der Waals surface area contributed by atoms with Gasteiger partial charge in [0.1, 0.15) is 0 Å². The molecule has 0 atom stereocenters. The molecule has 0 saturated carbocycles. The maximum atomic E-state index is 2.29. The molecule has 0 bridgehead atoms. The van der Waals surface area contributed by atoms with Crippen molar-refractivity contribution in [1.29, 1.82) is 0 Å². The summed E-state index contributed by atoms with van der Waals surface area (Å²) in [6.07, 6.45) is 0. The lowest BCUT2D eigenvalue weighted by Gasteiger charge is -1.95. The van der Waals surface area contributed by atoms with Crippen LogP contribution in [0.15, 0.2) is 83.6 Å². The molecule has 106 valence electrons. The van der Waals surface area contributed by atoms with Crippen LogP contribution in [-0.4, -0.2) is 0 Å². The first-order chi connectivity index (χ1) is 10.9. The second-order valence-electron chi connectivity index (χ2n) is 5.13. The molecule has 2 aromatic carbocycles. The number of hydrogen-bond donors (Lipinski definition) is 0. The molecule has 0 aliphatic heterocycles. The van der Waals surface area contributed by atoms with Crippen molar-refractivity contribution in [3.63, 3.8) is 0 Å². The maximum Gasteiger partial charge on any atom is 0.0349 e. The van der Waals surface area contributed by atoms with Gasteiger partial charge in [-0.25, -0.2) is 0 Å². The molecule has 0 saturated heterocycles. The van der Waals surface area contributed by atoms with Gasteiger partial charge in [0, 0.05) is 9.75 Å². The van der Waals surface area contributed by atoms with E-state index in [4.69, 9.17) is 0 Å². The smallest absolute Gasteiger partial charge is 0.0349 e. The molecule has 4 rings (SSSR count). The lowest BCUT2D eigenvalue weighted by atomic mass is 10.1. The van der Waals surface area contributed by atoms with Crippen LogP contribution in [0.1, 0.15) is 0 Å². The Morgan fingerprint density at radius 2 is 0.864 bits per heavy atom. The topological polar surface area (TPSA) is 0 Å². The van der Waals surface area contributed by atoms with Crippen LogP contribution in [0.2, 0.25) is 0 Å². The van der Waals surface area contributed by atoms with E-state index >= 15 is 0 Å². The average molecular weight is 318 g/mol. The summed E-state index contributed by atoms with van der Waals surface area (Å²) in [4.78, 5) is 2.64. The minimum Gasteiger partial charge on any atom is -0.143 e. The lowest BCUT2D eigenvalue weighted by molar-refractivity contribution is 1.69. The Morgan fingerprint density at radius 3 is 1.27 bits per heavy atom. The quantitative estimate of drug-likeness (QED) is 0.389. The van der Waals surface area contributed by atoms with Gasteiger partial charge < -0.3 is 0 Å². The van der Waals surface area contributed by atoms with Gasteiger partial charge in [0.05, 0.1) is 0 Å². The SMILES string of the molecule is c1ccc(-c2cc(-c3csc(-c4ccccc4)c3)cs2)cc1. The molecule has 0 N–H and O–H groups in total. The summed E-state index contributed by atoms with van der Waals surface area (Å²) in [7, 11) is 0. The van der Waals surface area contributed by atoms with Crippen molar-refractivity contribution in [2.24, 2.45) is 0 Å². The van der Waals surface area contributed by atoms with Crippen molar-refractivity contribution in [1.82, 2.24) is 0 Å². The third kappa shape index (κ3) is 2.63. The highest BCUT2D eigenvalue weighted by atomic mass is 32.1. The summed E-state index contributed by atoms with van der Waals surface area (Å²) in [5.41, 5.74) is 5.19. The van der Waals surface area contributed by atoms with E-state index in [1.165, 1.54) is 32.0 Å². The molecule has 0 unspecified atom stereocenters. The van der Waals surface area contributed by atoms with Crippen molar-refractivity contribution in [2.45, 2.75) is 0 Å². The molecule has 0 spiro atoms. The maximum absolute atomic E-state index is 2.29. The van der Waals surface area contributed by atoms with Crippen LogP contribution in [0.4, 0.5) is 0 Å². The minimum atomic E-state index is 1.29. The van der Waals surface area contributed by atoms with E-state index in [9.17, 15) is 0 Å². The molecular weight excluding hydrogens is 304 g/mol. The van der Waals surface area contributed by atoms with Crippen molar-refractivity contribution in [3.05, 3.63) is 83.6 Å². The van der Waals surface area contributed by atoms with Gasteiger partial charge in [0.15, 0.2) is 0 Å². The van der Waals surface area contributed by atoms with E-state index in [1.54, 1.807) is 0 Å². The van der Waals surface area contributed by atoms with Gasteiger partial charge in [0.2, 0.25) is 0 Å². The predicted octanol–water partition coefficient (Wildman–Crippen LogP) is 6.81. The summed E-state index contributed by atoms with van der Waals surface area (Å²) in [5, 5.41) is 4.50. The van der Waals surface area contributed by atoms with Crippen molar-refractivity contribution >= 4 is 22.7 Å². The minimum absolute atomic E-state index is 1.29. The van der Waals surface area contributed by atoms with Crippen molar-refractivity contribution < 1.29 is 0 Å². The largest absolute Gasteiger partial charge is 0.143 e. The molecule has 4 aromatic rings. The lowest BCUT2D eigenvalue weighted by Crippen LogP contribution is -1.71. The highest BCUT2D eigenvalue weighted by Gasteiger charge is 2.07. The van der Waals surface area contributed by atoms with Gasteiger partial charge in [-0.3, -0.25) is 0 Å². The van der Waals surface area contributed by atoms with E-state index in [0.29, 0.717) is 0 Å². The highest BCUT2D eigenvalue weighted by Crippen LogP contribution is 2.37. The second kappa shape index (κ2) is 5.91. The highest BCUT2D eigenvalue weighted by molar-refractivity contribution is 7.14.